The van der Waals surface area contributed by atoms with Crippen molar-refractivity contribution in [3.05, 3.63) is 44.8 Å². The van der Waals surface area contributed by atoms with Crippen LogP contribution in [0.4, 0.5) is 0 Å². The van der Waals surface area contributed by atoms with E-state index in [4.69, 9.17) is 18.9 Å². The third-order valence-corrected chi connectivity index (χ3v) is 5.51. The molecule has 3 rings (SSSR count). The first-order valence-corrected chi connectivity index (χ1v) is 11.3. The van der Waals surface area contributed by atoms with E-state index in [0.717, 1.165) is 5.01 Å². The van der Waals surface area contributed by atoms with Gasteiger partial charge in [-0.1, -0.05) is 25.2 Å². The fourth-order valence-corrected chi connectivity index (χ4v) is 3.83. The minimum Gasteiger partial charge on any atom is -0.490 e. The molecule has 9 nitrogen and oxygen atoms in total. The number of esters is 1. The van der Waals surface area contributed by atoms with Gasteiger partial charge in [-0.25, -0.2) is 9.78 Å². The van der Waals surface area contributed by atoms with Crippen LogP contribution in [-0.2, 0) is 11.3 Å². The largest absolute Gasteiger partial charge is 0.490 e. The number of rotatable bonds is 10. The van der Waals surface area contributed by atoms with Gasteiger partial charge in [-0.3, -0.25) is 4.79 Å². The summed E-state index contributed by atoms with van der Waals surface area (Å²) in [6, 6.07) is 4.44. The Morgan fingerprint density at radius 2 is 1.66 bits per heavy atom. The van der Waals surface area contributed by atoms with Gasteiger partial charge in [0.15, 0.2) is 11.5 Å². The zero-order valence-corrected chi connectivity index (χ0v) is 19.7. The number of hydrogen-bond acceptors (Lipinski definition) is 9. The highest BCUT2D eigenvalue weighted by atomic mass is 32.1. The molecule has 172 valence electrons. The van der Waals surface area contributed by atoms with Crippen LogP contribution in [0.15, 0.2) is 23.0 Å². The Hall–Kier alpha value is -3.14. The standard InChI is InChI=1S/C22H27N3O6S/c1-6-28-16-9-14(10-17(29-7-2)19(16)30-8-3)21(27)31-12-15-11-18(26)25-22(23-15)32-20(24-25)13(4)5/h9-11,13H,6-8,12H2,1-5H3. The average Bonchev–Trinajstić information content (AvgIpc) is 3.20. The number of carbonyl (C=O) groups is 1. The fraction of sp³-hybridized carbons (Fsp3) is 0.455. The summed E-state index contributed by atoms with van der Waals surface area (Å²) in [5.74, 6) is 0.830. The summed E-state index contributed by atoms with van der Waals surface area (Å²) in [6.45, 7) is 10.6. The van der Waals surface area contributed by atoms with Crippen molar-refractivity contribution in [2.45, 2.75) is 47.1 Å². The Morgan fingerprint density at radius 1 is 1.03 bits per heavy atom. The van der Waals surface area contributed by atoms with E-state index in [1.54, 1.807) is 12.1 Å². The molecular formula is C22H27N3O6S. The van der Waals surface area contributed by atoms with Crippen molar-refractivity contribution in [1.29, 1.82) is 0 Å². The van der Waals surface area contributed by atoms with Gasteiger partial charge in [0.2, 0.25) is 10.7 Å². The Balaban J connectivity index is 1.84. The van der Waals surface area contributed by atoms with Gasteiger partial charge < -0.3 is 18.9 Å². The highest BCUT2D eigenvalue weighted by molar-refractivity contribution is 7.16. The summed E-state index contributed by atoms with van der Waals surface area (Å²) < 4.78 is 23.6. The summed E-state index contributed by atoms with van der Waals surface area (Å²) in [5.41, 5.74) is 0.281. The second-order valence-corrected chi connectivity index (χ2v) is 8.04. The lowest BCUT2D eigenvalue weighted by atomic mass is 10.2. The van der Waals surface area contributed by atoms with Crippen LogP contribution in [0.2, 0.25) is 0 Å². The number of ether oxygens (including phenoxy) is 4. The number of fused-ring (bicyclic) bond motifs is 1. The molecule has 2 heterocycles. The van der Waals surface area contributed by atoms with E-state index in [1.807, 2.05) is 34.6 Å². The number of aromatic nitrogens is 3. The van der Waals surface area contributed by atoms with Gasteiger partial charge in [-0.05, 0) is 32.9 Å². The smallest absolute Gasteiger partial charge is 0.338 e. The topological polar surface area (TPSA) is 101 Å². The van der Waals surface area contributed by atoms with Crippen molar-refractivity contribution in [3.63, 3.8) is 0 Å². The highest BCUT2D eigenvalue weighted by Crippen LogP contribution is 2.39. The molecule has 1 aromatic carbocycles. The van der Waals surface area contributed by atoms with Crippen LogP contribution in [0, 0.1) is 0 Å². The molecule has 0 spiro atoms. The predicted molar refractivity (Wildman–Crippen MR) is 120 cm³/mol. The van der Waals surface area contributed by atoms with Gasteiger partial charge in [-0.15, -0.1) is 0 Å². The Bertz CT molecular complexity index is 1130. The molecule has 32 heavy (non-hydrogen) atoms. The Kier molecular flexibility index (Phi) is 7.68. The summed E-state index contributed by atoms with van der Waals surface area (Å²) >= 11 is 1.34. The van der Waals surface area contributed by atoms with Gasteiger partial charge >= 0.3 is 5.97 Å². The van der Waals surface area contributed by atoms with Crippen LogP contribution in [0.1, 0.15) is 61.6 Å². The van der Waals surface area contributed by atoms with Crippen molar-refractivity contribution in [2.75, 3.05) is 19.8 Å². The average molecular weight is 462 g/mol. The molecule has 0 fully saturated rings. The summed E-state index contributed by atoms with van der Waals surface area (Å²) in [4.78, 5) is 30.0. The van der Waals surface area contributed by atoms with Crippen LogP contribution in [0.3, 0.4) is 0 Å². The van der Waals surface area contributed by atoms with Crippen molar-refractivity contribution in [2.24, 2.45) is 0 Å². The van der Waals surface area contributed by atoms with Crippen LogP contribution < -0.4 is 19.8 Å². The molecule has 0 amide bonds. The molecule has 0 aliphatic carbocycles. The van der Waals surface area contributed by atoms with Crippen molar-refractivity contribution in [3.8, 4) is 17.2 Å². The summed E-state index contributed by atoms with van der Waals surface area (Å²) in [5, 5.41) is 5.10. The van der Waals surface area contributed by atoms with Crippen LogP contribution >= 0.6 is 11.3 Å². The van der Waals surface area contributed by atoms with Crippen molar-refractivity contribution < 1.29 is 23.7 Å². The van der Waals surface area contributed by atoms with E-state index in [-0.39, 0.29) is 23.6 Å². The van der Waals surface area contributed by atoms with E-state index in [1.165, 1.54) is 21.9 Å². The number of hydrogen-bond donors (Lipinski definition) is 0. The minimum atomic E-state index is -0.593. The molecule has 0 aliphatic rings. The Labute approximate surface area is 189 Å². The molecule has 10 heteroatoms. The molecular weight excluding hydrogens is 434 g/mol. The van der Waals surface area contributed by atoms with Crippen molar-refractivity contribution >= 4 is 22.3 Å². The number of benzene rings is 1. The maximum absolute atomic E-state index is 12.7. The quantitative estimate of drug-likeness (QED) is 0.420. The van der Waals surface area contributed by atoms with Gasteiger partial charge in [0.05, 0.1) is 31.1 Å². The molecule has 3 aromatic rings. The number of carbonyl (C=O) groups excluding carboxylic acids is 1. The zero-order valence-electron chi connectivity index (χ0n) is 18.8. The maximum atomic E-state index is 12.7. The number of nitrogens with zero attached hydrogens (tertiary/aromatic N) is 3. The molecule has 0 atom stereocenters. The molecule has 0 radical (unpaired) electrons. The van der Waals surface area contributed by atoms with E-state index in [9.17, 15) is 9.59 Å². The van der Waals surface area contributed by atoms with E-state index >= 15 is 0 Å². The van der Waals surface area contributed by atoms with Gasteiger partial charge in [-0.2, -0.15) is 9.61 Å². The molecule has 2 aromatic heterocycles. The summed E-state index contributed by atoms with van der Waals surface area (Å²) in [7, 11) is 0. The Morgan fingerprint density at radius 3 is 2.22 bits per heavy atom. The van der Waals surface area contributed by atoms with E-state index in [2.05, 4.69) is 10.1 Å². The first kappa shape index (κ1) is 23.5. The molecule has 0 bridgehead atoms. The maximum Gasteiger partial charge on any atom is 0.338 e. The van der Waals surface area contributed by atoms with Gasteiger partial charge in [0, 0.05) is 12.0 Å². The third kappa shape index (κ3) is 5.18. The predicted octanol–water partition coefficient (Wildman–Crippen LogP) is 3.83. The lowest BCUT2D eigenvalue weighted by Crippen LogP contribution is -2.17. The second kappa shape index (κ2) is 10.4. The molecule has 0 saturated heterocycles. The SMILES string of the molecule is CCOc1cc(C(=O)OCc2cc(=O)n3nc(C(C)C)sc3n2)cc(OCC)c1OCC. The lowest BCUT2D eigenvalue weighted by Gasteiger charge is -2.16. The van der Waals surface area contributed by atoms with Gasteiger partial charge in [0.25, 0.3) is 5.56 Å². The second-order valence-electron chi connectivity index (χ2n) is 7.05. The minimum absolute atomic E-state index is 0.152. The fourth-order valence-electron chi connectivity index (χ4n) is 2.91. The monoisotopic (exact) mass is 461 g/mol. The molecule has 0 N–H and O–H groups in total. The normalized spacial score (nSPS) is 11.1. The first-order chi connectivity index (χ1) is 15.4. The third-order valence-electron chi connectivity index (χ3n) is 4.30. The zero-order chi connectivity index (χ0) is 23.3. The van der Waals surface area contributed by atoms with Gasteiger partial charge in [0.1, 0.15) is 11.6 Å². The van der Waals surface area contributed by atoms with E-state index in [0.29, 0.717) is 47.7 Å². The molecule has 0 aliphatic heterocycles. The van der Waals surface area contributed by atoms with Crippen LogP contribution in [-0.4, -0.2) is 40.4 Å². The summed E-state index contributed by atoms with van der Waals surface area (Å²) in [6.07, 6.45) is 0. The molecule has 0 saturated carbocycles. The van der Waals surface area contributed by atoms with Crippen molar-refractivity contribution in [1.82, 2.24) is 14.6 Å². The van der Waals surface area contributed by atoms with Crippen LogP contribution in [0.5, 0.6) is 17.2 Å². The van der Waals surface area contributed by atoms with E-state index < -0.39 is 5.97 Å². The van der Waals surface area contributed by atoms with Crippen LogP contribution in [0.25, 0.3) is 4.96 Å². The highest BCUT2D eigenvalue weighted by Gasteiger charge is 2.20. The molecule has 0 unspecified atom stereocenters. The first-order valence-electron chi connectivity index (χ1n) is 10.5. The lowest BCUT2D eigenvalue weighted by molar-refractivity contribution is 0.0466.